The van der Waals surface area contributed by atoms with Crippen LogP contribution in [0.5, 0.6) is 5.88 Å². The maximum Gasteiger partial charge on any atom is 0.218 e. The molecule has 0 aliphatic heterocycles. The molecule has 0 bridgehead atoms. The first-order valence-corrected chi connectivity index (χ1v) is 5.44. The van der Waals surface area contributed by atoms with Crippen LogP contribution < -0.4 is 15.0 Å². The molecule has 5 nitrogen and oxygen atoms in total. The van der Waals surface area contributed by atoms with E-state index >= 15 is 0 Å². The molecule has 0 aliphatic carbocycles. The van der Waals surface area contributed by atoms with E-state index in [4.69, 9.17) is 4.74 Å². The number of hydrogen-bond acceptors (Lipinski definition) is 5. The van der Waals surface area contributed by atoms with Crippen LogP contribution in [0.25, 0.3) is 0 Å². The number of likely N-dealkylation sites (N-methyl/N-ethyl adjacent to an activating group) is 1. The highest BCUT2D eigenvalue weighted by Gasteiger charge is 2.04. The molecule has 1 aromatic rings. The summed E-state index contributed by atoms with van der Waals surface area (Å²) in [7, 11) is 3.61. The predicted octanol–water partition coefficient (Wildman–Crippen LogP) is 0.919. The summed E-state index contributed by atoms with van der Waals surface area (Å²) in [6.45, 7) is 6.10. The van der Waals surface area contributed by atoms with Crippen molar-refractivity contribution in [1.29, 1.82) is 0 Å². The van der Waals surface area contributed by atoms with Crippen molar-refractivity contribution in [3.63, 3.8) is 0 Å². The number of methoxy groups -OCH3 is 1. The number of nitrogens with zero attached hydrogens (tertiary/aromatic N) is 3. The van der Waals surface area contributed by atoms with Crippen molar-refractivity contribution in [2.45, 2.75) is 19.9 Å². The highest BCUT2D eigenvalue weighted by Crippen LogP contribution is 2.13. The lowest BCUT2D eigenvalue weighted by atomic mass is 10.4. The first-order chi connectivity index (χ1) is 7.63. The number of anilines is 1. The van der Waals surface area contributed by atoms with Crippen molar-refractivity contribution >= 4 is 5.82 Å². The topological polar surface area (TPSA) is 50.3 Å². The summed E-state index contributed by atoms with van der Waals surface area (Å²) in [6.07, 6.45) is 1.51. The molecule has 0 aromatic carbocycles. The normalized spacial score (nSPS) is 10.6. The lowest BCUT2D eigenvalue weighted by Gasteiger charge is -2.19. The fourth-order valence-corrected chi connectivity index (χ4v) is 1.29. The molecular formula is C11H20N4O. The van der Waals surface area contributed by atoms with E-state index < -0.39 is 0 Å². The molecule has 5 heteroatoms. The number of hydrogen-bond donors (Lipinski definition) is 1. The number of nitrogens with one attached hydrogen (secondary N) is 1. The van der Waals surface area contributed by atoms with Gasteiger partial charge in [-0.1, -0.05) is 13.8 Å². The standard InChI is InChI=1S/C11H20N4O/c1-9(2)12-5-6-15(3)10-7-11(16-4)14-8-13-10/h7-9,12H,5-6H2,1-4H3. The number of aromatic nitrogens is 2. The maximum atomic E-state index is 5.05. The lowest BCUT2D eigenvalue weighted by Crippen LogP contribution is -2.33. The first-order valence-electron chi connectivity index (χ1n) is 5.44. The molecular weight excluding hydrogens is 204 g/mol. The molecule has 0 aliphatic rings. The van der Waals surface area contributed by atoms with Crippen LogP contribution in [0.4, 0.5) is 5.82 Å². The van der Waals surface area contributed by atoms with Gasteiger partial charge < -0.3 is 15.0 Å². The van der Waals surface area contributed by atoms with Gasteiger partial charge in [-0.15, -0.1) is 0 Å². The van der Waals surface area contributed by atoms with E-state index in [2.05, 4.69) is 34.0 Å². The van der Waals surface area contributed by atoms with Gasteiger partial charge in [0.1, 0.15) is 12.1 Å². The van der Waals surface area contributed by atoms with E-state index in [-0.39, 0.29) is 0 Å². The summed E-state index contributed by atoms with van der Waals surface area (Å²) >= 11 is 0. The Morgan fingerprint density at radius 2 is 2.19 bits per heavy atom. The minimum absolute atomic E-state index is 0.508. The van der Waals surface area contributed by atoms with Crippen LogP contribution in [0, 0.1) is 0 Å². The Hall–Kier alpha value is -1.36. The summed E-state index contributed by atoms with van der Waals surface area (Å²) in [5.74, 6) is 1.46. The average molecular weight is 224 g/mol. The van der Waals surface area contributed by atoms with Crippen LogP contribution in [0.2, 0.25) is 0 Å². The highest BCUT2D eigenvalue weighted by molar-refractivity contribution is 5.39. The Balaban J connectivity index is 2.48. The van der Waals surface area contributed by atoms with E-state index in [0.29, 0.717) is 11.9 Å². The van der Waals surface area contributed by atoms with Gasteiger partial charge in [-0.05, 0) is 0 Å². The van der Waals surface area contributed by atoms with E-state index in [9.17, 15) is 0 Å². The summed E-state index contributed by atoms with van der Waals surface area (Å²) < 4.78 is 5.05. The zero-order chi connectivity index (χ0) is 12.0. The van der Waals surface area contributed by atoms with Crippen LogP contribution in [0.1, 0.15) is 13.8 Å². The molecule has 0 atom stereocenters. The summed E-state index contributed by atoms with van der Waals surface area (Å²) in [5, 5.41) is 3.36. The minimum Gasteiger partial charge on any atom is -0.481 e. The second kappa shape index (κ2) is 6.27. The summed E-state index contributed by atoms with van der Waals surface area (Å²) in [5.41, 5.74) is 0. The largest absolute Gasteiger partial charge is 0.481 e. The Morgan fingerprint density at radius 1 is 1.44 bits per heavy atom. The molecule has 0 saturated heterocycles. The van der Waals surface area contributed by atoms with Gasteiger partial charge in [-0.3, -0.25) is 0 Å². The van der Waals surface area contributed by atoms with Gasteiger partial charge >= 0.3 is 0 Å². The van der Waals surface area contributed by atoms with Crippen molar-refractivity contribution in [2.75, 3.05) is 32.1 Å². The van der Waals surface area contributed by atoms with Gasteiger partial charge in [-0.25, -0.2) is 9.97 Å². The molecule has 0 saturated carbocycles. The Labute approximate surface area is 96.8 Å². The van der Waals surface area contributed by atoms with Gasteiger partial charge in [0.2, 0.25) is 5.88 Å². The zero-order valence-corrected chi connectivity index (χ0v) is 10.4. The van der Waals surface area contributed by atoms with Crippen molar-refractivity contribution < 1.29 is 4.74 Å². The maximum absolute atomic E-state index is 5.05. The highest BCUT2D eigenvalue weighted by atomic mass is 16.5. The summed E-state index contributed by atoms with van der Waals surface area (Å²) in [6, 6.07) is 2.34. The quantitative estimate of drug-likeness (QED) is 0.778. The van der Waals surface area contributed by atoms with Crippen LogP contribution >= 0.6 is 0 Å². The van der Waals surface area contributed by atoms with E-state index in [0.717, 1.165) is 18.9 Å². The van der Waals surface area contributed by atoms with Gasteiger partial charge in [-0.2, -0.15) is 0 Å². The Kier molecular flexibility index (Phi) is 4.98. The Morgan fingerprint density at radius 3 is 2.81 bits per heavy atom. The van der Waals surface area contributed by atoms with E-state index in [1.807, 2.05) is 13.1 Å². The van der Waals surface area contributed by atoms with Crippen LogP contribution in [-0.4, -0.2) is 43.3 Å². The zero-order valence-electron chi connectivity index (χ0n) is 10.4. The van der Waals surface area contributed by atoms with Gasteiger partial charge in [0, 0.05) is 32.2 Å². The third kappa shape index (κ3) is 4.02. The molecule has 1 aromatic heterocycles. The molecule has 1 rings (SSSR count). The van der Waals surface area contributed by atoms with Crippen molar-refractivity contribution in [2.24, 2.45) is 0 Å². The smallest absolute Gasteiger partial charge is 0.218 e. The third-order valence-electron chi connectivity index (χ3n) is 2.23. The minimum atomic E-state index is 0.508. The molecule has 0 unspecified atom stereocenters. The Bertz CT molecular complexity index is 317. The van der Waals surface area contributed by atoms with Gasteiger partial charge in [0.05, 0.1) is 7.11 Å². The first kappa shape index (κ1) is 12.7. The van der Waals surface area contributed by atoms with Gasteiger partial charge in [0.25, 0.3) is 0 Å². The van der Waals surface area contributed by atoms with Crippen LogP contribution in [0.3, 0.4) is 0 Å². The SMILES string of the molecule is COc1cc(N(C)CCNC(C)C)ncn1. The van der Waals surface area contributed by atoms with Crippen molar-refractivity contribution in [3.05, 3.63) is 12.4 Å². The molecule has 0 fully saturated rings. The van der Waals surface area contributed by atoms with Crippen LogP contribution in [0.15, 0.2) is 12.4 Å². The average Bonchev–Trinajstić information content (AvgIpc) is 2.28. The molecule has 0 spiro atoms. The van der Waals surface area contributed by atoms with Gasteiger partial charge in [0.15, 0.2) is 0 Å². The number of rotatable bonds is 6. The van der Waals surface area contributed by atoms with Crippen molar-refractivity contribution in [3.8, 4) is 5.88 Å². The summed E-state index contributed by atoms with van der Waals surface area (Å²) in [4.78, 5) is 10.2. The molecule has 1 N–H and O–H groups in total. The van der Waals surface area contributed by atoms with E-state index in [1.54, 1.807) is 7.11 Å². The second-order valence-electron chi connectivity index (χ2n) is 3.95. The molecule has 1 heterocycles. The lowest BCUT2D eigenvalue weighted by molar-refractivity contribution is 0.397. The molecule has 0 radical (unpaired) electrons. The fourth-order valence-electron chi connectivity index (χ4n) is 1.29. The van der Waals surface area contributed by atoms with Crippen LogP contribution in [-0.2, 0) is 0 Å². The number of ether oxygens (including phenoxy) is 1. The predicted molar refractivity (Wildman–Crippen MR) is 65.0 cm³/mol. The molecule has 16 heavy (non-hydrogen) atoms. The molecule has 90 valence electrons. The fraction of sp³-hybridized carbons (Fsp3) is 0.636. The van der Waals surface area contributed by atoms with Crippen molar-refractivity contribution in [1.82, 2.24) is 15.3 Å². The van der Waals surface area contributed by atoms with E-state index in [1.165, 1.54) is 6.33 Å². The molecule has 0 amide bonds. The monoisotopic (exact) mass is 224 g/mol. The second-order valence-corrected chi connectivity index (χ2v) is 3.95. The third-order valence-corrected chi connectivity index (χ3v) is 2.23.